The molecule has 1 aliphatic heterocycles. The first kappa shape index (κ1) is 8.15. The summed E-state index contributed by atoms with van der Waals surface area (Å²) in [6, 6.07) is 13.3. The van der Waals surface area contributed by atoms with Crippen molar-refractivity contribution in [3.63, 3.8) is 0 Å². The summed E-state index contributed by atoms with van der Waals surface area (Å²) in [5.41, 5.74) is 4.56. The largest absolute Gasteiger partial charge is 0.267 e. The van der Waals surface area contributed by atoms with Crippen molar-refractivity contribution in [2.45, 2.75) is 12.5 Å². The first-order valence-electron chi connectivity index (χ1n) is 4.45. The Morgan fingerprint density at radius 2 is 2.15 bits per heavy atom. The zero-order valence-electron chi connectivity index (χ0n) is 7.40. The Kier molecular flexibility index (Phi) is 2.20. The molecule has 1 aromatic carbocycles. The van der Waals surface area contributed by atoms with Crippen molar-refractivity contribution in [2.75, 3.05) is 6.54 Å². The Bertz CT molecular complexity index is 313. The van der Waals surface area contributed by atoms with Crippen LogP contribution in [0.15, 0.2) is 30.3 Å². The third-order valence-corrected chi connectivity index (χ3v) is 2.31. The highest BCUT2D eigenvalue weighted by atomic mass is 15.5. The zero-order chi connectivity index (χ0) is 9.10. The molecule has 13 heavy (non-hydrogen) atoms. The topological polar surface area (TPSA) is 15.3 Å². The summed E-state index contributed by atoms with van der Waals surface area (Å²) in [7, 11) is 0. The van der Waals surface area contributed by atoms with E-state index in [1.165, 1.54) is 5.56 Å². The summed E-state index contributed by atoms with van der Waals surface area (Å²) >= 11 is 0. The molecule has 1 fully saturated rings. The summed E-state index contributed by atoms with van der Waals surface area (Å²) in [6.45, 7) is 0.927. The SMILES string of the molecule is C#CN1CCC(c2ccccc2)N1. The molecular weight excluding hydrogens is 160 g/mol. The minimum atomic E-state index is 0.386. The first-order valence-corrected chi connectivity index (χ1v) is 4.45. The first-order chi connectivity index (χ1) is 6.40. The standard InChI is InChI=1S/C11H12N2/c1-2-13-9-8-11(12-13)10-6-4-3-5-7-10/h1,3-7,11-12H,8-9H2. The van der Waals surface area contributed by atoms with Crippen LogP contribution in [0.3, 0.4) is 0 Å². The van der Waals surface area contributed by atoms with Crippen molar-refractivity contribution in [2.24, 2.45) is 0 Å². The van der Waals surface area contributed by atoms with Crippen LogP contribution >= 0.6 is 0 Å². The highest BCUT2D eigenvalue weighted by molar-refractivity contribution is 5.19. The van der Waals surface area contributed by atoms with Crippen molar-refractivity contribution in [3.8, 4) is 12.5 Å². The van der Waals surface area contributed by atoms with Crippen molar-refractivity contribution < 1.29 is 0 Å². The molecule has 2 heteroatoms. The van der Waals surface area contributed by atoms with Gasteiger partial charge in [-0.05, 0) is 12.0 Å². The van der Waals surface area contributed by atoms with E-state index < -0.39 is 0 Å². The van der Waals surface area contributed by atoms with Crippen molar-refractivity contribution in [3.05, 3.63) is 35.9 Å². The van der Waals surface area contributed by atoms with Crippen LogP contribution in [0.1, 0.15) is 18.0 Å². The molecule has 2 rings (SSSR count). The van der Waals surface area contributed by atoms with Gasteiger partial charge in [-0.2, -0.15) is 0 Å². The molecule has 1 atom stereocenters. The van der Waals surface area contributed by atoms with Gasteiger partial charge in [-0.3, -0.25) is 5.01 Å². The lowest BCUT2D eigenvalue weighted by Crippen LogP contribution is -2.27. The van der Waals surface area contributed by atoms with Gasteiger partial charge in [-0.1, -0.05) is 36.8 Å². The Hall–Kier alpha value is -1.46. The molecule has 0 spiro atoms. The van der Waals surface area contributed by atoms with Gasteiger partial charge in [0.2, 0.25) is 0 Å². The molecule has 66 valence electrons. The van der Waals surface area contributed by atoms with E-state index in [0.29, 0.717) is 6.04 Å². The maximum absolute atomic E-state index is 5.29. The van der Waals surface area contributed by atoms with Gasteiger partial charge in [-0.15, -0.1) is 0 Å². The summed E-state index contributed by atoms with van der Waals surface area (Å²) in [4.78, 5) is 0. The highest BCUT2D eigenvalue weighted by Gasteiger charge is 2.20. The summed E-state index contributed by atoms with van der Waals surface area (Å²) in [6.07, 6.45) is 6.37. The van der Waals surface area contributed by atoms with Crippen LogP contribution < -0.4 is 5.43 Å². The van der Waals surface area contributed by atoms with Gasteiger partial charge in [-0.25, -0.2) is 5.43 Å². The lowest BCUT2D eigenvalue weighted by Gasteiger charge is -2.12. The van der Waals surface area contributed by atoms with Gasteiger partial charge >= 0.3 is 0 Å². The maximum atomic E-state index is 5.29. The molecule has 1 N–H and O–H groups in total. The van der Waals surface area contributed by atoms with Gasteiger partial charge in [0.1, 0.15) is 0 Å². The second-order valence-electron chi connectivity index (χ2n) is 3.16. The molecule has 1 heterocycles. The molecule has 1 aliphatic rings. The van der Waals surface area contributed by atoms with Crippen LogP contribution in [0, 0.1) is 12.5 Å². The van der Waals surface area contributed by atoms with Crippen LogP contribution in [0.4, 0.5) is 0 Å². The van der Waals surface area contributed by atoms with Crippen LogP contribution in [0.5, 0.6) is 0 Å². The minimum absolute atomic E-state index is 0.386. The fourth-order valence-electron chi connectivity index (χ4n) is 1.60. The Morgan fingerprint density at radius 3 is 2.77 bits per heavy atom. The fourth-order valence-corrected chi connectivity index (χ4v) is 1.60. The molecule has 0 bridgehead atoms. The van der Waals surface area contributed by atoms with E-state index in [1.807, 2.05) is 6.07 Å². The van der Waals surface area contributed by atoms with Crippen molar-refractivity contribution in [1.29, 1.82) is 0 Å². The molecule has 0 radical (unpaired) electrons. The number of nitrogens with zero attached hydrogens (tertiary/aromatic N) is 1. The van der Waals surface area contributed by atoms with E-state index in [-0.39, 0.29) is 0 Å². The number of benzene rings is 1. The number of terminal acetylenes is 1. The molecule has 2 nitrogen and oxygen atoms in total. The van der Waals surface area contributed by atoms with Gasteiger partial charge in [0.25, 0.3) is 0 Å². The lowest BCUT2D eigenvalue weighted by molar-refractivity contribution is 0.353. The second-order valence-corrected chi connectivity index (χ2v) is 3.16. The highest BCUT2D eigenvalue weighted by Crippen LogP contribution is 2.21. The van der Waals surface area contributed by atoms with Crippen molar-refractivity contribution >= 4 is 0 Å². The monoisotopic (exact) mass is 172 g/mol. The van der Waals surface area contributed by atoms with Gasteiger partial charge < -0.3 is 0 Å². The second kappa shape index (κ2) is 3.51. The molecular formula is C11H12N2. The van der Waals surface area contributed by atoms with Crippen LogP contribution in [-0.4, -0.2) is 11.6 Å². The molecule has 1 saturated heterocycles. The Labute approximate surface area is 78.5 Å². The third-order valence-electron chi connectivity index (χ3n) is 2.31. The fraction of sp³-hybridized carbons (Fsp3) is 0.273. The zero-order valence-corrected chi connectivity index (χ0v) is 7.40. The predicted molar refractivity (Wildman–Crippen MR) is 52.5 cm³/mol. The van der Waals surface area contributed by atoms with E-state index in [9.17, 15) is 0 Å². The van der Waals surface area contributed by atoms with E-state index in [4.69, 9.17) is 6.42 Å². The smallest absolute Gasteiger partial charge is 0.0536 e. The van der Waals surface area contributed by atoms with Crippen LogP contribution in [0.2, 0.25) is 0 Å². The van der Waals surface area contributed by atoms with Crippen LogP contribution in [-0.2, 0) is 0 Å². The molecule has 0 amide bonds. The number of hydrazine groups is 1. The Morgan fingerprint density at radius 1 is 1.38 bits per heavy atom. The summed E-state index contributed by atoms with van der Waals surface area (Å²) in [5, 5.41) is 1.80. The van der Waals surface area contributed by atoms with Gasteiger partial charge in [0.15, 0.2) is 0 Å². The minimum Gasteiger partial charge on any atom is -0.267 e. The van der Waals surface area contributed by atoms with Crippen LogP contribution in [0.25, 0.3) is 0 Å². The summed E-state index contributed by atoms with van der Waals surface area (Å²) in [5.74, 6) is 0. The van der Waals surface area contributed by atoms with Gasteiger partial charge in [0, 0.05) is 12.6 Å². The number of nitrogens with one attached hydrogen (secondary N) is 1. The Balaban J connectivity index is 2.09. The van der Waals surface area contributed by atoms with Crippen molar-refractivity contribution in [1.82, 2.24) is 10.4 Å². The lowest BCUT2D eigenvalue weighted by atomic mass is 10.1. The van der Waals surface area contributed by atoms with E-state index in [0.717, 1.165) is 13.0 Å². The number of hydrogen-bond donors (Lipinski definition) is 1. The molecule has 1 aromatic rings. The molecule has 0 aromatic heterocycles. The quantitative estimate of drug-likeness (QED) is 0.646. The van der Waals surface area contributed by atoms with E-state index in [2.05, 4.69) is 35.7 Å². The average molecular weight is 172 g/mol. The van der Waals surface area contributed by atoms with E-state index in [1.54, 1.807) is 5.01 Å². The predicted octanol–water partition coefficient (Wildman–Crippen LogP) is 1.53. The average Bonchev–Trinajstić information content (AvgIpc) is 2.67. The number of rotatable bonds is 1. The molecule has 0 saturated carbocycles. The third kappa shape index (κ3) is 1.66. The molecule has 0 aliphatic carbocycles. The normalized spacial score (nSPS) is 21.5. The number of hydrogen-bond acceptors (Lipinski definition) is 2. The summed E-state index contributed by atoms with van der Waals surface area (Å²) < 4.78 is 0. The maximum Gasteiger partial charge on any atom is 0.0536 e. The molecule has 1 unspecified atom stereocenters. The van der Waals surface area contributed by atoms with E-state index >= 15 is 0 Å². The van der Waals surface area contributed by atoms with Gasteiger partial charge in [0.05, 0.1) is 6.04 Å².